The number of benzene rings is 1. The van der Waals surface area contributed by atoms with Crippen LogP contribution in [0.25, 0.3) is 16.6 Å². The van der Waals surface area contributed by atoms with Crippen molar-refractivity contribution in [1.82, 2.24) is 19.9 Å². The zero-order valence-corrected chi connectivity index (χ0v) is 17.2. The summed E-state index contributed by atoms with van der Waals surface area (Å²) in [5, 5.41) is 4.81. The lowest BCUT2D eigenvalue weighted by atomic mass is 10.1. The summed E-state index contributed by atoms with van der Waals surface area (Å²) in [5.74, 6) is 0.469. The largest absolute Gasteiger partial charge is 0.465 e. The molecular formula is C19H21Cl2N5O2. The Morgan fingerprint density at radius 2 is 2.18 bits per heavy atom. The zero-order chi connectivity index (χ0) is 20.1. The van der Waals surface area contributed by atoms with E-state index in [2.05, 4.69) is 10.3 Å². The average molecular weight is 422 g/mol. The van der Waals surface area contributed by atoms with Crippen LogP contribution in [0.5, 0.6) is 0 Å². The van der Waals surface area contributed by atoms with Crippen LogP contribution in [-0.4, -0.2) is 53.8 Å². The lowest BCUT2D eigenvalue weighted by molar-refractivity contribution is -0.141. The van der Waals surface area contributed by atoms with E-state index in [9.17, 15) is 4.79 Å². The SMILES string of the molecule is CCOC(=O)CNCCN(C)c1cc(-n2ccnc2)c2ccc(Cl)c(Cl)c2n1. The second-order valence-electron chi connectivity index (χ2n) is 6.13. The van der Waals surface area contributed by atoms with Gasteiger partial charge in [0, 0.05) is 44.0 Å². The molecule has 0 aliphatic heterocycles. The van der Waals surface area contributed by atoms with Gasteiger partial charge in [-0.3, -0.25) is 4.79 Å². The number of hydrogen-bond acceptors (Lipinski definition) is 6. The van der Waals surface area contributed by atoms with Gasteiger partial charge >= 0.3 is 5.97 Å². The first-order valence-corrected chi connectivity index (χ1v) is 9.61. The predicted octanol–water partition coefficient (Wildman–Crippen LogP) is 3.32. The molecule has 0 atom stereocenters. The standard InChI is InChI=1S/C19H21Cl2N5O2/c1-3-28-17(27)11-22-6-8-25(2)16-10-15(26-9-7-23-12-26)13-4-5-14(20)18(21)19(13)24-16/h4-5,7,9-10,12,22H,3,6,8,11H2,1-2H3. The smallest absolute Gasteiger partial charge is 0.319 e. The first kappa shape index (κ1) is 20.4. The topological polar surface area (TPSA) is 72.3 Å². The Hall–Kier alpha value is -2.35. The van der Waals surface area contributed by atoms with Gasteiger partial charge in [-0.15, -0.1) is 0 Å². The van der Waals surface area contributed by atoms with Gasteiger partial charge in [0.25, 0.3) is 0 Å². The Kier molecular flexibility index (Phi) is 6.72. The van der Waals surface area contributed by atoms with Gasteiger partial charge in [0.05, 0.1) is 40.7 Å². The summed E-state index contributed by atoms with van der Waals surface area (Å²) in [6.45, 7) is 3.57. The van der Waals surface area contributed by atoms with Crippen molar-refractivity contribution in [2.45, 2.75) is 6.92 Å². The Bertz CT molecular complexity index is 963. The molecule has 0 saturated heterocycles. The van der Waals surface area contributed by atoms with Gasteiger partial charge in [0.15, 0.2) is 0 Å². The summed E-state index contributed by atoms with van der Waals surface area (Å²) < 4.78 is 6.81. The number of aromatic nitrogens is 3. The number of carbonyl (C=O) groups is 1. The molecule has 0 radical (unpaired) electrons. The Balaban J connectivity index is 1.84. The van der Waals surface area contributed by atoms with Gasteiger partial charge in [-0.2, -0.15) is 0 Å². The summed E-state index contributed by atoms with van der Waals surface area (Å²) in [5.41, 5.74) is 1.53. The van der Waals surface area contributed by atoms with Gasteiger partial charge in [0.1, 0.15) is 5.82 Å². The van der Waals surface area contributed by atoms with E-state index in [4.69, 9.17) is 32.9 Å². The van der Waals surface area contributed by atoms with Gasteiger partial charge in [-0.05, 0) is 19.1 Å². The number of fused-ring (bicyclic) bond motifs is 1. The van der Waals surface area contributed by atoms with E-state index in [-0.39, 0.29) is 12.5 Å². The molecule has 2 heterocycles. The number of nitrogens with one attached hydrogen (secondary N) is 1. The number of rotatable bonds is 8. The molecule has 0 aliphatic carbocycles. The number of carbonyl (C=O) groups excluding carboxylic acids is 1. The van der Waals surface area contributed by atoms with Crippen molar-refractivity contribution in [2.24, 2.45) is 0 Å². The molecule has 3 aromatic rings. The molecule has 148 valence electrons. The minimum atomic E-state index is -0.266. The maximum Gasteiger partial charge on any atom is 0.319 e. The van der Waals surface area contributed by atoms with E-state index in [1.807, 2.05) is 34.8 Å². The number of likely N-dealkylation sites (N-methyl/N-ethyl adjacent to an activating group) is 1. The number of imidazole rings is 1. The van der Waals surface area contributed by atoms with Gasteiger partial charge in [-0.25, -0.2) is 9.97 Å². The van der Waals surface area contributed by atoms with E-state index >= 15 is 0 Å². The summed E-state index contributed by atoms with van der Waals surface area (Å²) in [7, 11) is 1.93. The van der Waals surface area contributed by atoms with E-state index in [1.165, 1.54) is 0 Å². The number of ether oxygens (including phenoxy) is 1. The number of hydrogen-bond donors (Lipinski definition) is 1. The van der Waals surface area contributed by atoms with E-state index < -0.39 is 0 Å². The molecule has 0 aliphatic rings. The molecule has 0 unspecified atom stereocenters. The maximum absolute atomic E-state index is 11.4. The molecule has 1 N–H and O–H groups in total. The van der Waals surface area contributed by atoms with Crippen LogP contribution in [-0.2, 0) is 9.53 Å². The van der Waals surface area contributed by atoms with Crippen molar-refractivity contribution in [2.75, 3.05) is 38.2 Å². The Morgan fingerprint density at radius 1 is 1.36 bits per heavy atom. The molecule has 0 amide bonds. The number of halogens is 2. The second kappa shape index (κ2) is 9.23. The Labute approximate surface area is 173 Å². The highest BCUT2D eigenvalue weighted by atomic mass is 35.5. The van der Waals surface area contributed by atoms with Crippen LogP contribution in [0.3, 0.4) is 0 Å². The molecule has 3 rings (SSSR count). The number of anilines is 1. The van der Waals surface area contributed by atoms with Gasteiger partial charge in [0.2, 0.25) is 0 Å². The third-order valence-electron chi connectivity index (χ3n) is 4.21. The van der Waals surface area contributed by atoms with E-state index in [0.29, 0.717) is 35.3 Å². The van der Waals surface area contributed by atoms with Gasteiger partial charge < -0.3 is 19.5 Å². The van der Waals surface area contributed by atoms with Crippen LogP contribution in [0, 0.1) is 0 Å². The predicted molar refractivity (Wildman–Crippen MR) is 112 cm³/mol. The van der Waals surface area contributed by atoms with Crippen molar-refractivity contribution < 1.29 is 9.53 Å². The maximum atomic E-state index is 11.4. The monoisotopic (exact) mass is 421 g/mol. The van der Waals surface area contributed by atoms with Crippen molar-refractivity contribution in [1.29, 1.82) is 0 Å². The molecule has 0 spiro atoms. The molecule has 0 bridgehead atoms. The van der Waals surface area contributed by atoms with Crippen LogP contribution in [0.1, 0.15) is 6.92 Å². The van der Waals surface area contributed by atoms with Crippen LogP contribution >= 0.6 is 23.2 Å². The second-order valence-corrected chi connectivity index (χ2v) is 6.92. The third kappa shape index (κ3) is 4.55. The lowest BCUT2D eigenvalue weighted by Crippen LogP contribution is -2.33. The third-order valence-corrected chi connectivity index (χ3v) is 5.00. The first-order chi connectivity index (χ1) is 13.5. The van der Waals surface area contributed by atoms with E-state index in [0.717, 1.165) is 16.9 Å². The van der Waals surface area contributed by atoms with Crippen molar-refractivity contribution >= 4 is 45.9 Å². The highest BCUT2D eigenvalue weighted by Crippen LogP contribution is 2.34. The summed E-state index contributed by atoms with van der Waals surface area (Å²) in [6.07, 6.45) is 5.30. The molecule has 1 aromatic carbocycles. The fourth-order valence-corrected chi connectivity index (χ4v) is 3.14. The molecule has 28 heavy (non-hydrogen) atoms. The number of pyridine rings is 1. The van der Waals surface area contributed by atoms with Crippen LogP contribution < -0.4 is 10.2 Å². The molecule has 9 heteroatoms. The molecule has 0 fully saturated rings. The van der Waals surface area contributed by atoms with E-state index in [1.54, 1.807) is 25.5 Å². The van der Waals surface area contributed by atoms with Crippen molar-refractivity contribution in [3.63, 3.8) is 0 Å². The average Bonchev–Trinajstić information content (AvgIpc) is 3.22. The van der Waals surface area contributed by atoms with Crippen molar-refractivity contribution in [3.05, 3.63) is 47.0 Å². The minimum Gasteiger partial charge on any atom is -0.465 e. The molecule has 7 nitrogen and oxygen atoms in total. The fourth-order valence-electron chi connectivity index (χ4n) is 2.78. The Morgan fingerprint density at radius 3 is 2.89 bits per heavy atom. The summed E-state index contributed by atoms with van der Waals surface area (Å²) in [6, 6.07) is 5.63. The lowest BCUT2D eigenvalue weighted by Gasteiger charge is -2.21. The normalized spacial score (nSPS) is 11.0. The van der Waals surface area contributed by atoms with Crippen LogP contribution in [0.15, 0.2) is 36.9 Å². The quantitative estimate of drug-likeness (QED) is 0.444. The van der Waals surface area contributed by atoms with Crippen LogP contribution in [0.2, 0.25) is 10.0 Å². The van der Waals surface area contributed by atoms with Crippen LogP contribution in [0.4, 0.5) is 5.82 Å². The zero-order valence-electron chi connectivity index (χ0n) is 15.7. The molecule has 2 aromatic heterocycles. The highest BCUT2D eigenvalue weighted by molar-refractivity contribution is 6.45. The molecule has 0 saturated carbocycles. The minimum absolute atomic E-state index is 0.175. The van der Waals surface area contributed by atoms with Crippen molar-refractivity contribution in [3.8, 4) is 5.69 Å². The number of nitrogens with zero attached hydrogens (tertiary/aromatic N) is 4. The summed E-state index contributed by atoms with van der Waals surface area (Å²) >= 11 is 12.6. The number of esters is 1. The summed E-state index contributed by atoms with van der Waals surface area (Å²) in [4.78, 5) is 22.2. The fraction of sp³-hybridized carbons (Fsp3) is 0.316. The van der Waals surface area contributed by atoms with Gasteiger partial charge in [-0.1, -0.05) is 23.2 Å². The molecular weight excluding hydrogens is 401 g/mol. The first-order valence-electron chi connectivity index (χ1n) is 8.85. The highest BCUT2D eigenvalue weighted by Gasteiger charge is 2.14.